The second-order valence-electron chi connectivity index (χ2n) is 15.9. The van der Waals surface area contributed by atoms with Gasteiger partial charge in [0.2, 0.25) is 0 Å². The number of nitrogens with zero attached hydrogens (tertiary/aromatic N) is 4. The van der Waals surface area contributed by atoms with Crippen LogP contribution in [0.5, 0.6) is 11.5 Å². The summed E-state index contributed by atoms with van der Waals surface area (Å²) >= 11 is 0. The van der Waals surface area contributed by atoms with Crippen LogP contribution in [-0.4, -0.2) is 14.1 Å². The van der Waals surface area contributed by atoms with Crippen molar-refractivity contribution in [3.63, 3.8) is 0 Å². The Bertz CT molecular complexity index is 3660. The van der Waals surface area contributed by atoms with Crippen LogP contribution in [0.15, 0.2) is 170 Å². The Balaban J connectivity index is 0.00000624. The number of fused-ring (bicyclic) bond motifs is 4. The first-order chi connectivity index (χ1) is 33.4. The number of pyridine rings is 1. The number of aromatic nitrogens is 4. The monoisotopic (exact) mass is 981 g/mol. The molecule has 0 bridgehead atoms. The zero-order valence-corrected chi connectivity index (χ0v) is 36.3. The molecule has 3 heterocycles. The molecular weight excluding hydrogens is 928 g/mol. The normalized spacial score (nSPS) is 14.4. The Kier molecular flexibility index (Phi) is 7.84. The van der Waals surface area contributed by atoms with Gasteiger partial charge >= 0.3 is 0 Å². The van der Waals surface area contributed by atoms with Crippen LogP contribution in [0, 0.1) is 30.8 Å². The Hall–Kier alpha value is -6.55. The molecule has 0 radical (unpaired) electrons. The fourth-order valence-corrected chi connectivity index (χ4v) is 7.86. The summed E-state index contributed by atoms with van der Waals surface area (Å²) in [5.74, 6) is 1.84. The van der Waals surface area contributed by atoms with Crippen molar-refractivity contribution < 1.29 is 44.1 Å². The second kappa shape index (κ2) is 16.1. The summed E-state index contributed by atoms with van der Waals surface area (Å²) in [6.07, 6.45) is 5.30. The fraction of sp³-hybridized carbons (Fsp3) is 0.127. The minimum absolute atomic E-state index is 0. The van der Waals surface area contributed by atoms with Crippen LogP contribution in [-0.2, 0) is 21.1 Å². The minimum Gasteiger partial charge on any atom is -0.510 e. The first-order valence-electron chi connectivity index (χ1n) is 24.7. The molecule has 0 fully saturated rings. The van der Waals surface area contributed by atoms with E-state index >= 15 is 0 Å². The first-order valence-corrected chi connectivity index (χ1v) is 19.7. The van der Waals surface area contributed by atoms with Gasteiger partial charge in [0.25, 0.3) is 6.33 Å². The third-order valence-electron chi connectivity index (χ3n) is 11.2. The molecule has 0 spiro atoms. The minimum atomic E-state index is -0.570. The summed E-state index contributed by atoms with van der Waals surface area (Å²) in [5, 5.41) is 2.03. The van der Waals surface area contributed by atoms with Crippen LogP contribution in [0.3, 0.4) is 0 Å². The second-order valence-corrected chi connectivity index (χ2v) is 15.9. The van der Waals surface area contributed by atoms with Crippen molar-refractivity contribution in [3.8, 4) is 50.9 Å². The Morgan fingerprint density at radius 2 is 1.36 bits per heavy atom. The first kappa shape index (κ1) is 29.6. The molecule has 1 unspecified atom stereocenters. The summed E-state index contributed by atoms with van der Waals surface area (Å²) in [7, 11) is 0. The standard InChI is InChI=1S/C55H44N4O.Pt/c1-37-17-14-28-50-53(37)58(54-45(39-18-8-6-9-19-39)25-16-26-46(54)40-20-10-7-11-21-40)36-57(50)42-22-15-23-43(34-42)60-44-29-30-48-47-24-12-13-27-49(47)59(51(48)35-44)52-33-41(31-32-56-52)38(2)55(3,4)5;/h6-33,38H,1-5H3;/q-2;/i6D,7D,8D,9D,10D,11D,18D,19D,20D,21D;. The summed E-state index contributed by atoms with van der Waals surface area (Å²) < 4.78 is 99.3. The number of imidazole rings is 1. The maximum atomic E-state index is 9.04. The van der Waals surface area contributed by atoms with Gasteiger partial charge in [0.1, 0.15) is 5.82 Å². The molecule has 3 aromatic heterocycles. The summed E-state index contributed by atoms with van der Waals surface area (Å²) in [5.41, 5.74) is 5.66. The smallest absolute Gasteiger partial charge is 0.268 e. The molecular formula is C55H44N4OPt-2. The van der Waals surface area contributed by atoms with Crippen molar-refractivity contribution in [2.24, 2.45) is 5.41 Å². The maximum absolute atomic E-state index is 9.04. The zero-order valence-electron chi connectivity index (χ0n) is 44.0. The van der Waals surface area contributed by atoms with E-state index < -0.39 is 60.4 Å². The molecule has 10 aromatic rings. The van der Waals surface area contributed by atoms with Crippen LogP contribution < -0.4 is 9.30 Å². The van der Waals surface area contributed by atoms with Gasteiger partial charge in [-0.05, 0) is 80.9 Å². The number of hydrogen-bond donors (Lipinski definition) is 0. The van der Waals surface area contributed by atoms with E-state index in [0.717, 1.165) is 33.2 Å². The zero-order chi connectivity index (χ0) is 49.7. The van der Waals surface area contributed by atoms with E-state index in [9.17, 15) is 0 Å². The maximum Gasteiger partial charge on any atom is 0.268 e. The predicted molar refractivity (Wildman–Crippen MR) is 243 cm³/mol. The molecule has 10 rings (SSSR count). The van der Waals surface area contributed by atoms with Crippen LogP contribution in [0.25, 0.3) is 72.3 Å². The van der Waals surface area contributed by atoms with Crippen molar-refractivity contribution in [1.82, 2.24) is 14.1 Å². The molecule has 0 saturated carbocycles. The van der Waals surface area contributed by atoms with E-state index in [1.807, 2.05) is 67.7 Å². The number of aryl methyl sites for hydroxylation is 1. The summed E-state index contributed by atoms with van der Waals surface area (Å²) in [6, 6.07) is 33.8. The van der Waals surface area contributed by atoms with Crippen LogP contribution in [0.4, 0.5) is 0 Å². The fourth-order valence-electron chi connectivity index (χ4n) is 7.86. The third kappa shape index (κ3) is 7.28. The molecule has 0 aliphatic carbocycles. The van der Waals surface area contributed by atoms with E-state index in [0.29, 0.717) is 28.2 Å². The van der Waals surface area contributed by atoms with Gasteiger partial charge < -0.3 is 13.9 Å². The van der Waals surface area contributed by atoms with E-state index in [1.165, 1.54) is 5.56 Å². The van der Waals surface area contributed by atoms with Crippen LogP contribution >= 0.6 is 0 Å². The molecule has 0 amide bonds. The number of hydrogen-bond acceptors (Lipinski definition) is 2. The molecule has 0 saturated heterocycles. The molecule has 0 aliphatic rings. The van der Waals surface area contributed by atoms with Gasteiger partial charge in [0.05, 0.1) is 30.4 Å². The average molecular weight is 982 g/mol. The molecule has 0 aliphatic heterocycles. The largest absolute Gasteiger partial charge is 0.510 e. The van der Waals surface area contributed by atoms with Gasteiger partial charge in [0, 0.05) is 44.3 Å². The number of benzene rings is 7. The van der Waals surface area contributed by atoms with Gasteiger partial charge in [-0.25, -0.2) is 4.98 Å². The Labute approximate surface area is 385 Å². The molecule has 302 valence electrons. The van der Waals surface area contributed by atoms with Gasteiger partial charge in [-0.1, -0.05) is 148 Å². The summed E-state index contributed by atoms with van der Waals surface area (Å²) in [6.45, 7) is 10.8. The summed E-state index contributed by atoms with van der Waals surface area (Å²) in [4.78, 5) is 4.85. The molecule has 7 aromatic carbocycles. The van der Waals surface area contributed by atoms with Crippen molar-refractivity contribution in [1.29, 1.82) is 0 Å². The van der Waals surface area contributed by atoms with Gasteiger partial charge in [-0.3, -0.25) is 4.57 Å². The van der Waals surface area contributed by atoms with E-state index in [2.05, 4.69) is 75.0 Å². The van der Waals surface area contributed by atoms with E-state index in [1.54, 1.807) is 33.4 Å². The van der Waals surface area contributed by atoms with Crippen molar-refractivity contribution in [2.75, 3.05) is 0 Å². The quantitative estimate of drug-likeness (QED) is 0.112. The SMILES string of the molecule is [2H]c1c([2H])c([2H])c(-c2cccc(-c3c([2H])c([2H])c([2H])c([2H])c3[2H])c2-[n+]2[c-]n(-c3[c-]c(Oc4[c-]c5c(cc4)c4ccccc4n5-c4cc(C(C)C(C)(C)C)ccn4)ccc3)c3cccc(C)c32)c([2H])c1[2H].[Pt]. The average Bonchev–Trinajstić information content (AvgIpc) is 3.90. The molecule has 0 N–H and O–H groups in total. The van der Waals surface area contributed by atoms with E-state index in [4.69, 9.17) is 23.4 Å². The molecule has 1 atom stereocenters. The van der Waals surface area contributed by atoms with Gasteiger partial charge in [0.15, 0.2) is 0 Å². The number of para-hydroxylation sites is 3. The topological polar surface area (TPSA) is 35.9 Å². The predicted octanol–water partition coefficient (Wildman–Crippen LogP) is 13.4. The number of rotatable bonds is 8. The van der Waals surface area contributed by atoms with Crippen molar-refractivity contribution in [3.05, 3.63) is 199 Å². The van der Waals surface area contributed by atoms with Crippen molar-refractivity contribution >= 4 is 32.8 Å². The van der Waals surface area contributed by atoms with Crippen LogP contribution in [0.1, 0.15) is 58.4 Å². The third-order valence-corrected chi connectivity index (χ3v) is 11.2. The molecule has 61 heavy (non-hydrogen) atoms. The van der Waals surface area contributed by atoms with Gasteiger partial charge in [-0.2, -0.15) is 18.2 Å². The van der Waals surface area contributed by atoms with Crippen LogP contribution in [0.2, 0.25) is 0 Å². The van der Waals surface area contributed by atoms with Crippen molar-refractivity contribution in [2.45, 2.75) is 40.5 Å². The number of ether oxygens (including phenoxy) is 1. The Morgan fingerprint density at radius 1 is 0.705 bits per heavy atom. The van der Waals surface area contributed by atoms with Gasteiger partial charge in [-0.15, -0.1) is 29.7 Å². The van der Waals surface area contributed by atoms with E-state index in [-0.39, 0.29) is 60.3 Å². The molecule has 6 heteroatoms. The molecule has 5 nitrogen and oxygen atoms in total. The Morgan fingerprint density at radius 3 is 2.08 bits per heavy atom.